The minimum Gasteiger partial charge on any atom is -0.478 e. The minimum atomic E-state index is -3.88. The minimum absolute atomic E-state index is 0.0714. The fourth-order valence-electron chi connectivity index (χ4n) is 7.48. The van der Waals surface area contributed by atoms with Crippen LogP contribution in [0.4, 0.5) is 0 Å². The fourth-order valence-corrected chi connectivity index (χ4v) is 9.70. The second kappa shape index (κ2) is 14.4. The molecule has 0 aromatic heterocycles. The zero-order chi connectivity index (χ0) is 32.9. The number of rotatable bonds is 16. The Morgan fingerprint density at radius 3 is 1.96 bits per heavy atom. The van der Waals surface area contributed by atoms with Gasteiger partial charge in [0.15, 0.2) is 0 Å². The lowest BCUT2D eigenvalue weighted by Gasteiger charge is -2.55. The average Bonchev–Trinajstić information content (AvgIpc) is 2.97. The number of hydrogen-bond donors (Lipinski definition) is 5. The largest absolute Gasteiger partial charge is 0.478 e. The van der Waals surface area contributed by atoms with Gasteiger partial charge < -0.3 is 25.9 Å². The Morgan fingerprint density at radius 2 is 1.44 bits per heavy atom. The molecule has 1 aromatic carbocycles. The molecule has 13 heteroatoms. The summed E-state index contributed by atoms with van der Waals surface area (Å²) in [6.45, 7) is 5.32. The number of amides is 3. The first-order valence-electron chi connectivity index (χ1n) is 15.9. The molecule has 4 saturated carbocycles. The molecule has 4 fully saturated rings. The van der Waals surface area contributed by atoms with Crippen LogP contribution in [0.3, 0.4) is 0 Å². The molecule has 3 amide bonds. The van der Waals surface area contributed by atoms with Gasteiger partial charge in [-0.2, -0.15) is 0 Å². The van der Waals surface area contributed by atoms with Crippen molar-refractivity contribution in [2.75, 3.05) is 6.54 Å². The maximum atomic E-state index is 14.0. The van der Waals surface area contributed by atoms with Gasteiger partial charge in [-0.25, -0.2) is 17.9 Å². The number of carbonyl (C=O) groups is 5. The van der Waals surface area contributed by atoms with E-state index in [-0.39, 0.29) is 30.4 Å². The number of sulfonamides is 1. The van der Waals surface area contributed by atoms with Crippen molar-refractivity contribution in [1.82, 2.24) is 20.7 Å². The summed E-state index contributed by atoms with van der Waals surface area (Å²) in [7, 11) is -3.88. The van der Waals surface area contributed by atoms with Crippen LogP contribution in [0.5, 0.6) is 0 Å². The summed E-state index contributed by atoms with van der Waals surface area (Å²) in [5, 5.41) is 17.0. The summed E-state index contributed by atoms with van der Waals surface area (Å²) >= 11 is 0. The van der Waals surface area contributed by atoms with Crippen molar-refractivity contribution in [1.29, 1.82) is 0 Å². The summed E-state index contributed by atoms with van der Waals surface area (Å²) in [5.74, 6) is -1.61. The Hall–Kier alpha value is -3.32. The topological polar surface area (TPSA) is 188 Å². The molecular weight excluding hydrogens is 600 g/mol. The number of nitrogens with one attached hydrogen (secondary N) is 4. The van der Waals surface area contributed by atoms with E-state index in [0.717, 1.165) is 19.3 Å². The maximum absolute atomic E-state index is 14.0. The number of unbranched alkanes of at least 4 members (excludes halogenated alkanes) is 1. The second-order valence-electron chi connectivity index (χ2n) is 13.6. The molecule has 5 rings (SSSR count). The third-order valence-corrected chi connectivity index (χ3v) is 11.9. The molecule has 45 heavy (non-hydrogen) atoms. The maximum Gasteiger partial charge on any atom is 0.335 e. The van der Waals surface area contributed by atoms with Gasteiger partial charge in [-0.15, -0.1) is 0 Å². The lowest BCUT2D eigenvalue weighted by molar-refractivity contribution is -0.130. The molecule has 3 atom stereocenters. The summed E-state index contributed by atoms with van der Waals surface area (Å²) in [4.78, 5) is 61.1. The third-order valence-electron chi connectivity index (χ3n) is 9.69. The highest BCUT2D eigenvalue weighted by Gasteiger charge is 2.58. The Labute approximate surface area is 264 Å². The van der Waals surface area contributed by atoms with E-state index in [2.05, 4.69) is 20.7 Å². The monoisotopic (exact) mass is 646 g/mol. The molecule has 3 unspecified atom stereocenters. The molecule has 1 aromatic rings. The van der Waals surface area contributed by atoms with Crippen LogP contribution in [0, 0.1) is 23.7 Å². The van der Waals surface area contributed by atoms with E-state index < -0.39 is 50.7 Å². The summed E-state index contributed by atoms with van der Waals surface area (Å²) < 4.78 is 29.8. The molecule has 12 nitrogen and oxygen atoms in total. The van der Waals surface area contributed by atoms with Crippen LogP contribution in [0.2, 0.25) is 0 Å². The van der Waals surface area contributed by atoms with Crippen LogP contribution in [0.15, 0.2) is 24.3 Å². The van der Waals surface area contributed by atoms with Crippen molar-refractivity contribution < 1.29 is 37.5 Å². The highest BCUT2D eigenvalue weighted by molar-refractivity contribution is 7.91. The first-order valence-corrected chi connectivity index (χ1v) is 17.4. The molecule has 4 aliphatic rings. The smallest absolute Gasteiger partial charge is 0.335 e. The molecular formula is C32H46N4O8S. The van der Waals surface area contributed by atoms with Crippen molar-refractivity contribution >= 4 is 40.0 Å². The van der Waals surface area contributed by atoms with E-state index in [4.69, 9.17) is 5.11 Å². The molecule has 248 valence electrons. The number of carboxylic acids is 1. The van der Waals surface area contributed by atoms with Crippen molar-refractivity contribution in [3.63, 3.8) is 0 Å². The standard InChI is InChI=1S/C32H46N4O8S/c1-19(2)27(18-37)35-28(38)20(3)34-30(40)26(6-4-5-11-33-29(39)24-7-9-25(10-8-24)31(41)42)36-45(43,44)32-15-21-12-22(16-32)14-23(13-21)17-32/h7-10,18-23,26-27,36H,4-6,11-17H2,1-3H3,(H,33,39)(H,34,40)(H,35,38)(H,41,42). The van der Waals surface area contributed by atoms with E-state index in [1.54, 1.807) is 13.8 Å². The van der Waals surface area contributed by atoms with Crippen molar-refractivity contribution in [3.05, 3.63) is 35.4 Å². The number of hydrogen-bond acceptors (Lipinski definition) is 7. The molecule has 0 spiro atoms. The van der Waals surface area contributed by atoms with Crippen LogP contribution in [0.1, 0.15) is 99.3 Å². The molecule has 4 bridgehead atoms. The normalized spacial score (nSPS) is 25.6. The van der Waals surface area contributed by atoms with Gasteiger partial charge in [-0.3, -0.25) is 14.4 Å². The van der Waals surface area contributed by atoms with Crippen LogP contribution < -0.4 is 20.7 Å². The second-order valence-corrected chi connectivity index (χ2v) is 15.7. The number of benzene rings is 1. The molecule has 4 aliphatic carbocycles. The average molecular weight is 647 g/mol. The number of aromatic carboxylic acids is 1. The van der Waals surface area contributed by atoms with Gasteiger partial charge in [-0.05, 0) is 113 Å². The Bertz CT molecular complexity index is 1340. The van der Waals surface area contributed by atoms with Crippen molar-refractivity contribution in [2.45, 2.75) is 101 Å². The molecule has 0 radical (unpaired) electrons. The van der Waals surface area contributed by atoms with Gasteiger partial charge in [-0.1, -0.05) is 13.8 Å². The van der Waals surface area contributed by atoms with Crippen LogP contribution in [-0.2, 0) is 24.4 Å². The van der Waals surface area contributed by atoms with E-state index in [9.17, 15) is 32.4 Å². The quantitative estimate of drug-likeness (QED) is 0.134. The number of carboxylic acid groups (broad SMARTS) is 1. The SMILES string of the molecule is CC(NC(=O)C(CCCCNC(=O)c1ccc(C(=O)O)cc1)NS(=O)(=O)C12CC3CC(CC(C3)C1)C2)C(=O)NC(C=O)C(C)C. The first kappa shape index (κ1) is 34.6. The van der Waals surface area contributed by atoms with E-state index >= 15 is 0 Å². The van der Waals surface area contributed by atoms with Crippen LogP contribution in [0.25, 0.3) is 0 Å². The van der Waals surface area contributed by atoms with Gasteiger partial charge in [0.25, 0.3) is 5.91 Å². The predicted molar refractivity (Wildman–Crippen MR) is 167 cm³/mol. The first-order chi connectivity index (χ1) is 21.2. The zero-order valence-corrected chi connectivity index (χ0v) is 27.0. The molecule has 5 N–H and O–H groups in total. The van der Waals surface area contributed by atoms with Crippen LogP contribution in [-0.4, -0.2) is 72.9 Å². The Kier molecular flexibility index (Phi) is 11.1. The number of aldehydes is 1. The lowest BCUT2D eigenvalue weighted by Crippen LogP contribution is -2.61. The van der Waals surface area contributed by atoms with Gasteiger partial charge in [0, 0.05) is 12.1 Å². The molecule has 0 saturated heterocycles. The van der Waals surface area contributed by atoms with E-state index in [1.807, 2.05) is 0 Å². The highest BCUT2D eigenvalue weighted by atomic mass is 32.2. The zero-order valence-electron chi connectivity index (χ0n) is 26.2. The summed E-state index contributed by atoms with van der Waals surface area (Å²) in [6.07, 6.45) is 6.65. The molecule has 0 aliphatic heterocycles. The fraction of sp³-hybridized carbons (Fsp3) is 0.656. The predicted octanol–water partition coefficient (Wildman–Crippen LogP) is 2.39. The van der Waals surface area contributed by atoms with Gasteiger partial charge >= 0.3 is 5.97 Å². The summed E-state index contributed by atoms with van der Waals surface area (Å²) in [5.41, 5.74) is 0.379. The highest BCUT2D eigenvalue weighted by Crippen LogP contribution is 2.58. The third kappa shape index (κ3) is 8.29. The Morgan fingerprint density at radius 1 is 0.889 bits per heavy atom. The van der Waals surface area contributed by atoms with Crippen molar-refractivity contribution in [3.8, 4) is 0 Å². The summed E-state index contributed by atoms with van der Waals surface area (Å²) in [6, 6.07) is 2.70. The number of carbonyl (C=O) groups excluding carboxylic acids is 4. The molecule has 0 heterocycles. The lowest BCUT2D eigenvalue weighted by atomic mass is 9.56. The van der Waals surface area contributed by atoms with Gasteiger partial charge in [0.1, 0.15) is 18.4 Å². The van der Waals surface area contributed by atoms with Crippen molar-refractivity contribution in [2.24, 2.45) is 23.7 Å². The van der Waals surface area contributed by atoms with E-state index in [0.29, 0.717) is 61.7 Å². The van der Waals surface area contributed by atoms with E-state index in [1.165, 1.54) is 31.2 Å². The van der Waals surface area contributed by atoms with Gasteiger partial charge in [0.05, 0.1) is 16.4 Å². The van der Waals surface area contributed by atoms with Crippen LogP contribution >= 0.6 is 0 Å². The Balaban J connectivity index is 1.38. The van der Waals surface area contributed by atoms with Gasteiger partial charge in [0.2, 0.25) is 21.8 Å².